The predicted octanol–water partition coefficient (Wildman–Crippen LogP) is 6.14. The number of alkyl halides is 6. The largest absolute Gasteiger partial charge is 0.457 e. The molecule has 532 valence electrons. The molecule has 0 aromatic heterocycles. The number of β-amino-alcohol motifs (C(OH)–C–C–N with tert-alkyl or cyclic N) is 5. The minimum Gasteiger partial charge on any atom is -0.457 e. The molecule has 6 aliphatic heterocycles. The number of aliphatic hydroxyl groups is 5. The maximum atomic E-state index is 13.6. The van der Waals surface area contributed by atoms with E-state index >= 15 is 0 Å². The van der Waals surface area contributed by atoms with Crippen LogP contribution in [0.15, 0.2) is 121 Å². The average molecular weight is 1400 g/mol. The number of carbonyl (C=O) groups is 5. The molecule has 12 atom stereocenters. The van der Waals surface area contributed by atoms with Crippen LogP contribution in [-0.2, 0) is 9.53 Å². The molecule has 10 rings (SSSR count). The van der Waals surface area contributed by atoms with Gasteiger partial charge >= 0.3 is 5.97 Å². The molecule has 6 aliphatic rings. The molecule has 0 spiro atoms. The summed E-state index contributed by atoms with van der Waals surface area (Å²) in [6.07, 6.45) is 10.4. The highest BCUT2D eigenvalue weighted by Gasteiger charge is 2.39. The lowest BCUT2D eigenvalue weighted by atomic mass is 10.2. The first-order chi connectivity index (χ1) is 46.8. The molecule has 4 aromatic rings. The van der Waals surface area contributed by atoms with Crippen LogP contribution in [0.1, 0.15) is 83.0 Å². The summed E-state index contributed by atoms with van der Waals surface area (Å²) in [5, 5.41) is 50.1. The molecule has 4 aromatic carbocycles. The van der Waals surface area contributed by atoms with E-state index in [9.17, 15) is 65.6 Å². The third kappa shape index (κ3) is 37.6. The van der Waals surface area contributed by atoms with Crippen LogP contribution in [0.4, 0.5) is 26.3 Å². The second-order valence-electron chi connectivity index (χ2n) is 20.8. The number of aliphatic hydroxyl groups excluding tert-OH is 5. The number of likely N-dealkylation sites (tertiary alicyclic amines) is 4. The Bertz CT molecular complexity index is 3140. The van der Waals surface area contributed by atoms with Crippen LogP contribution in [0.2, 0.25) is 0 Å². The van der Waals surface area contributed by atoms with Crippen molar-refractivity contribution in [3.05, 3.63) is 144 Å². The smallest absolute Gasteiger partial charge is 0.303 e. The second-order valence-corrected chi connectivity index (χ2v) is 20.8. The van der Waals surface area contributed by atoms with Gasteiger partial charge in [-0.3, -0.25) is 24.0 Å². The van der Waals surface area contributed by atoms with E-state index in [4.69, 9.17) is 34.2 Å². The first-order valence-corrected chi connectivity index (χ1v) is 30.4. The van der Waals surface area contributed by atoms with Crippen molar-refractivity contribution in [1.82, 2.24) is 30.2 Å². The zero-order chi connectivity index (χ0) is 74.0. The summed E-state index contributed by atoms with van der Waals surface area (Å²) in [5.41, 5.74) is 2.09. The summed E-state index contributed by atoms with van der Waals surface area (Å²) in [6, 6.07) is 34.7. The Labute approximate surface area is 584 Å². The average Bonchev–Trinajstić information content (AvgIpc) is 1.75. The fourth-order valence-corrected chi connectivity index (χ4v) is 8.43. The first-order valence-electron chi connectivity index (χ1n) is 30.4. The van der Waals surface area contributed by atoms with Crippen LogP contribution < -0.4 is 10.6 Å². The summed E-state index contributed by atoms with van der Waals surface area (Å²) in [7, 11) is 0. The van der Waals surface area contributed by atoms with E-state index < -0.39 is 79.6 Å². The molecule has 17 nitrogen and oxygen atoms in total. The number of esters is 1. The Kier molecular flexibility index (Phi) is 50.1. The molecule has 0 unspecified atom stereocenters. The van der Waals surface area contributed by atoms with Gasteiger partial charge in [-0.15, -0.1) is 68.2 Å². The molecule has 24 heteroatoms. The monoisotopic (exact) mass is 1400 g/mol. The quantitative estimate of drug-likeness (QED) is 0.0677. The highest BCUT2D eigenvalue weighted by atomic mass is 35.5. The van der Waals surface area contributed by atoms with Crippen molar-refractivity contribution in [3.8, 4) is 97.2 Å². The number of nitrogens with zero attached hydrogens (tertiary/aromatic N) is 4. The van der Waals surface area contributed by atoms with E-state index in [0.717, 1.165) is 0 Å². The number of hydrogen-bond acceptors (Lipinski definition) is 13. The number of nitrogens with one attached hydrogen (secondary N) is 2. The zero-order valence-corrected chi connectivity index (χ0v) is 56.8. The number of benzene rings is 4. The minimum atomic E-state index is -1.32. The fourth-order valence-electron chi connectivity index (χ4n) is 8.43. The van der Waals surface area contributed by atoms with Crippen LogP contribution in [0.3, 0.4) is 0 Å². The third-order valence-corrected chi connectivity index (χ3v) is 13.3. The Morgan fingerprint density at radius 2 is 0.636 bits per heavy atom. The fraction of sp³-hybridized carbons (Fsp3) is 0.400. The van der Waals surface area contributed by atoms with Crippen LogP contribution in [0, 0.1) is 97.2 Å². The number of hydrogen-bond donors (Lipinski definition) is 7. The Morgan fingerprint density at radius 3 is 0.798 bits per heavy atom. The molecule has 7 N–H and O–H groups in total. The lowest BCUT2D eigenvalue weighted by Crippen LogP contribution is -2.30. The van der Waals surface area contributed by atoms with Gasteiger partial charge in [0.25, 0.3) is 23.6 Å². The van der Waals surface area contributed by atoms with Crippen molar-refractivity contribution < 1.29 is 80.6 Å². The topological polar surface area (TPSA) is 233 Å². The van der Waals surface area contributed by atoms with Gasteiger partial charge in [0.15, 0.2) is 12.3 Å². The van der Waals surface area contributed by atoms with Gasteiger partial charge in [-0.25, -0.2) is 26.3 Å². The summed E-state index contributed by atoms with van der Waals surface area (Å²) < 4.78 is 81.4. The van der Waals surface area contributed by atoms with Gasteiger partial charge in [0.1, 0.15) is 49.2 Å². The molecule has 6 fully saturated rings. The molecule has 6 heterocycles. The number of rotatable bonds is 5. The predicted molar refractivity (Wildman–Crippen MR) is 373 cm³/mol. The summed E-state index contributed by atoms with van der Waals surface area (Å²) in [5.74, 6) is 24.1. The van der Waals surface area contributed by atoms with Crippen LogP contribution in [0.25, 0.3) is 0 Å². The second kappa shape index (κ2) is 54.3. The Hall–Kier alpha value is -9.70. The van der Waals surface area contributed by atoms with Crippen molar-refractivity contribution in [2.75, 3.05) is 78.5 Å². The molecular formula is C75H87ClF6N6O11. The van der Waals surface area contributed by atoms with Gasteiger partial charge in [0.05, 0.1) is 44.9 Å². The Balaban J connectivity index is 0. The van der Waals surface area contributed by atoms with Crippen molar-refractivity contribution in [1.29, 1.82) is 0 Å². The number of amides is 4. The number of carbonyl (C=O) groups excluding carboxylic acids is 5. The minimum absolute atomic E-state index is 0. The summed E-state index contributed by atoms with van der Waals surface area (Å²) in [4.78, 5) is 63.6. The van der Waals surface area contributed by atoms with Gasteiger partial charge in [-0.2, -0.15) is 0 Å². The molecule has 0 bridgehead atoms. The lowest BCUT2D eigenvalue weighted by Gasteiger charge is -2.15. The van der Waals surface area contributed by atoms with Crippen LogP contribution in [-0.4, -0.2) is 227 Å². The van der Waals surface area contributed by atoms with Gasteiger partial charge < -0.3 is 60.5 Å². The highest BCUT2D eigenvalue weighted by molar-refractivity contribution is 5.96. The zero-order valence-electron chi connectivity index (χ0n) is 56.0. The van der Waals surface area contributed by atoms with Crippen LogP contribution >= 0.6 is 12.4 Å². The van der Waals surface area contributed by atoms with Gasteiger partial charge in [0, 0.05) is 75.0 Å². The van der Waals surface area contributed by atoms with Gasteiger partial charge in [-0.1, -0.05) is 78.7 Å². The van der Waals surface area contributed by atoms with Gasteiger partial charge in [-0.05, 0) is 119 Å². The highest BCUT2D eigenvalue weighted by Crippen LogP contribution is 2.21. The van der Waals surface area contributed by atoms with E-state index in [1.807, 2.05) is 32.0 Å². The maximum absolute atomic E-state index is 13.6. The molecule has 0 saturated carbocycles. The number of halogens is 7. The van der Waals surface area contributed by atoms with E-state index in [1.54, 1.807) is 124 Å². The molecular weight excluding hydrogens is 1310 g/mol. The molecule has 0 aliphatic carbocycles. The first kappa shape index (κ1) is 91.4. The van der Waals surface area contributed by atoms with Crippen molar-refractivity contribution in [3.63, 3.8) is 0 Å². The number of terminal acetylenes is 5. The van der Waals surface area contributed by atoms with Gasteiger partial charge in [0.2, 0.25) is 0 Å². The SMILES string of the molecule is C#CC.C#CC.C#CC#CC.C#CC#CC#C.CC#CC.CC(=O)O[C@H]1CN(C(=O)c2ccccc2)C[C@@H]1F.Cl.O=C(c1ccccc1)N1C[C@@H](O)[C@H](F)C1.O=C(c1ccccc1)N1C[C@@H](O)[C@H](F)C1.O=C(c1ccccc1)N1C[C@@H](O)[C@H](F)C1.O[C@@H]1CNC[C@H]1F.O[C@H]1CNC[C@@H]1F. The number of ether oxygens (including phenoxy) is 1. The van der Waals surface area contributed by atoms with Crippen molar-refractivity contribution in [2.24, 2.45) is 0 Å². The molecule has 99 heavy (non-hydrogen) atoms. The third-order valence-electron chi connectivity index (χ3n) is 13.3. The summed E-state index contributed by atoms with van der Waals surface area (Å²) >= 11 is 0. The van der Waals surface area contributed by atoms with E-state index in [0.29, 0.717) is 48.4 Å². The molecule has 4 amide bonds. The van der Waals surface area contributed by atoms with Crippen molar-refractivity contribution >= 4 is 42.0 Å². The van der Waals surface area contributed by atoms with Crippen LogP contribution in [0.5, 0.6) is 0 Å². The van der Waals surface area contributed by atoms with Crippen molar-refractivity contribution in [2.45, 2.75) is 115 Å². The summed E-state index contributed by atoms with van der Waals surface area (Å²) in [6.45, 7) is 11.6. The molecule has 0 radical (unpaired) electrons. The lowest BCUT2D eigenvalue weighted by molar-refractivity contribution is -0.147. The Morgan fingerprint density at radius 1 is 0.384 bits per heavy atom. The van der Waals surface area contributed by atoms with E-state index in [1.165, 1.54) is 26.5 Å². The normalized spacial score (nSPS) is 22.4. The van der Waals surface area contributed by atoms with E-state index in [-0.39, 0.29) is 88.4 Å². The maximum Gasteiger partial charge on any atom is 0.303 e. The standard InChI is InChI=1S/C13H14FNO3.3C11H12FNO2.C6H2.C5H4.2C4H8FNO.C4H6.2C3H4.ClH/c1-9(16)18-12-8-15(7-11(12)14)13(17)10-5-3-2-4-6-10;3*12-9-6-13(7-10(9)14)11(15)8-4-2-1-3-5-8;1-3-5-6-4-2;1-3-5-4-2;2*5-3-1-6-2-4(3)7;1-3-4-2;2*1-3-2;/h2-6,11-12H,7-8H2,1H3;3*1-5,9-10,14H,6-7H2;1-2H;1H,2H3;2*3-4,6-7H,1-2H2;1-2H3;2*1H,2H3;1H/t11-,12-;3*9-,10-;;;2*3-,4-;;;;/m0111..10..../s1. The molecule has 6 saturated heterocycles. The van der Waals surface area contributed by atoms with E-state index in [2.05, 4.69) is 88.6 Å².